The zero-order valence-corrected chi connectivity index (χ0v) is 17.9. The molecule has 0 unspecified atom stereocenters. The Labute approximate surface area is 175 Å². The van der Waals surface area contributed by atoms with E-state index in [1.807, 2.05) is 0 Å². The zero-order chi connectivity index (χ0) is 21.7. The molecule has 2 heterocycles. The smallest absolute Gasteiger partial charge is 0.331 e. The average molecular weight is 436 g/mol. The molecule has 1 aromatic carbocycles. The summed E-state index contributed by atoms with van der Waals surface area (Å²) >= 11 is 0. The summed E-state index contributed by atoms with van der Waals surface area (Å²) in [5, 5.41) is 3.81. The number of carbonyl (C=O) groups is 1. The molecule has 1 fully saturated rings. The van der Waals surface area contributed by atoms with Gasteiger partial charge in [-0.15, -0.1) is 0 Å². The molecule has 9 nitrogen and oxygen atoms in total. The van der Waals surface area contributed by atoms with E-state index in [1.165, 1.54) is 29.6 Å². The first kappa shape index (κ1) is 22.0. The third-order valence-electron chi connectivity index (χ3n) is 4.73. The second-order valence-electron chi connectivity index (χ2n) is 6.67. The molecule has 3 rings (SSSR count). The van der Waals surface area contributed by atoms with Gasteiger partial charge < -0.3 is 18.7 Å². The molecule has 0 spiro atoms. The Kier molecular flexibility index (Phi) is 6.91. The highest BCUT2D eigenvalue weighted by molar-refractivity contribution is 7.89. The number of methoxy groups -OCH3 is 1. The lowest BCUT2D eigenvalue weighted by Crippen LogP contribution is -2.40. The molecule has 1 saturated heterocycles. The van der Waals surface area contributed by atoms with Crippen LogP contribution in [0, 0.1) is 13.8 Å². The lowest BCUT2D eigenvalue weighted by molar-refractivity contribution is -0.138. The number of esters is 1. The number of ether oxygens (including phenoxy) is 3. The molecule has 0 amide bonds. The van der Waals surface area contributed by atoms with Gasteiger partial charge in [0.1, 0.15) is 23.0 Å². The van der Waals surface area contributed by atoms with Crippen LogP contribution in [0.1, 0.15) is 22.6 Å². The van der Waals surface area contributed by atoms with Gasteiger partial charge in [0, 0.05) is 19.2 Å². The summed E-state index contributed by atoms with van der Waals surface area (Å²) in [7, 11) is -2.34. The van der Waals surface area contributed by atoms with Crippen molar-refractivity contribution in [1.82, 2.24) is 9.46 Å². The van der Waals surface area contributed by atoms with Gasteiger partial charge in [-0.05, 0) is 37.6 Å². The number of aryl methyl sites for hydroxylation is 2. The monoisotopic (exact) mass is 436 g/mol. The Morgan fingerprint density at radius 3 is 2.63 bits per heavy atom. The van der Waals surface area contributed by atoms with Crippen molar-refractivity contribution in [3.63, 3.8) is 0 Å². The van der Waals surface area contributed by atoms with Gasteiger partial charge in [0.05, 0.1) is 31.6 Å². The number of nitrogens with zero attached hydrogens (tertiary/aromatic N) is 2. The van der Waals surface area contributed by atoms with E-state index < -0.39 is 16.0 Å². The van der Waals surface area contributed by atoms with Gasteiger partial charge in [-0.3, -0.25) is 0 Å². The summed E-state index contributed by atoms with van der Waals surface area (Å²) in [5.74, 6) is 0.264. The summed E-state index contributed by atoms with van der Waals surface area (Å²) in [6.45, 7) is 4.80. The van der Waals surface area contributed by atoms with Crippen molar-refractivity contribution in [3.8, 4) is 5.75 Å². The van der Waals surface area contributed by atoms with E-state index in [-0.39, 0.29) is 30.3 Å². The summed E-state index contributed by atoms with van der Waals surface area (Å²) < 4.78 is 48.1. The van der Waals surface area contributed by atoms with Crippen LogP contribution in [0.4, 0.5) is 0 Å². The van der Waals surface area contributed by atoms with Crippen LogP contribution in [0.2, 0.25) is 0 Å². The van der Waals surface area contributed by atoms with Crippen molar-refractivity contribution in [2.75, 3.05) is 33.4 Å². The Morgan fingerprint density at radius 1 is 1.27 bits per heavy atom. The highest BCUT2D eigenvalue weighted by Crippen LogP contribution is 2.29. The predicted molar refractivity (Wildman–Crippen MR) is 107 cm³/mol. The van der Waals surface area contributed by atoms with E-state index in [0.717, 1.165) is 5.56 Å². The van der Waals surface area contributed by atoms with E-state index in [0.29, 0.717) is 30.2 Å². The summed E-state index contributed by atoms with van der Waals surface area (Å²) in [4.78, 5) is 12.1. The van der Waals surface area contributed by atoms with Gasteiger partial charge in [-0.1, -0.05) is 11.2 Å². The topological polar surface area (TPSA) is 108 Å². The predicted octanol–water partition coefficient (Wildman–Crippen LogP) is 2.08. The number of hydrogen-bond acceptors (Lipinski definition) is 8. The Balaban J connectivity index is 1.75. The minimum atomic E-state index is -3.75. The van der Waals surface area contributed by atoms with Gasteiger partial charge in [-0.25, -0.2) is 13.2 Å². The second kappa shape index (κ2) is 9.41. The Morgan fingerprint density at radius 2 is 2.00 bits per heavy atom. The fourth-order valence-corrected chi connectivity index (χ4v) is 4.59. The number of benzene rings is 1. The fraction of sp³-hybridized carbons (Fsp3) is 0.400. The fourth-order valence-electron chi connectivity index (χ4n) is 2.99. The molecular weight excluding hydrogens is 412 g/mol. The number of aromatic nitrogens is 1. The van der Waals surface area contributed by atoms with Crippen molar-refractivity contribution in [3.05, 3.63) is 46.9 Å². The highest BCUT2D eigenvalue weighted by atomic mass is 32.2. The standard InChI is InChI=1S/C20H24N2O7S/c1-14-17(15(2)29-21-14)13-28-20(23)7-5-16-4-6-18(26-3)19(12-16)30(24,25)22-8-10-27-11-9-22/h4-7,12H,8-11,13H2,1-3H3/b7-5+. The molecule has 1 aliphatic heterocycles. The molecule has 0 bridgehead atoms. The highest BCUT2D eigenvalue weighted by Gasteiger charge is 2.29. The summed E-state index contributed by atoms with van der Waals surface area (Å²) in [6, 6.07) is 4.69. The molecule has 10 heteroatoms. The Hall–Kier alpha value is -2.69. The molecule has 1 aliphatic rings. The third-order valence-corrected chi connectivity index (χ3v) is 6.65. The second-order valence-corrected chi connectivity index (χ2v) is 8.58. The summed E-state index contributed by atoms with van der Waals surface area (Å²) in [5.41, 5.74) is 1.91. The van der Waals surface area contributed by atoms with Crippen LogP contribution in [-0.4, -0.2) is 57.3 Å². The molecule has 162 valence electrons. The van der Waals surface area contributed by atoms with Crippen molar-refractivity contribution in [2.24, 2.45) is 0 Å². The molecule has 0 N–H and O–H groups in total. The van der Waals surface area contributed by atoms with Crippen LogP contribution in [0.3, 0.4) is 0 Å². The van der Waals surface area contributed by atoms with Gasteiger partial charge in [0.15, 0.2) is 0 Å². The van der Waals surface area contributed by atoms with Crippen LogP contribution < -0.4 is 4.74 Å². The molecule has 30 heavy (non-hydrogen) atoms. The van der Waals surface area contributed by atoms with E-state index in [9.17, 15) is 13.2 Å². The molecule has 2 aromatic rings. The Bertz CT molecular complexity index is 1020. The molecule has 0 radical (unpaired) electrons. The van der Waals surface area contributed by atoms with Gasteiger partial charge in [0.25, 0.3) is 0 Å². The van der Waals surface area contributed by atoms with Crippen molar-refractivity contribution < 1.29 is 31.9 Å². The quantitative estimate of drug-likeness (QED) is 0.479. The number of rotatable bonds is 7. The number of hydrogen-bond donors (Lipinski definition) is 0. The summed E-state index contributed by atoms with van der Waals surface area (Å²) in [6.07, 6.45) is 2.73. The molecule has 0 aliphatic carbocycles. The van der Waals surface area contributed by atoms with Crippen LogP contribution in [0.5, 0.6) is 5.75 Å². The van der Waals surface area contributed by atoms with Gasteiger partial charge in [-0.2, -0.15) is 4.31 Å². The minimum absolute atomic E-state index is 0.0399. The molecule has 0 saturated carbocycles. The maximum absolute atomic E-state index is 13.0. The maximum atomic E-state index is 13.0. The average Bonchev–Trinajstić information content (AvgIpc) is 3.08. The van der Waals surface area contributed by atoms with Crippen LogP contribution >= 0.6 is 0 Å². The first-order valence-corrected chi connectivity index (χ1v) is 10.8. The van der Waals surface area contributed by atoms with Crippen LogP contribution in [-0.2, 0) is 30.9 Å². The third kappa shape index (κ3) is 4.89. The first-order chi connectivity index (χ1) is 14.3. The van der Waals surface area contributed by atoms with E-state index in [1.54, 1.807) is 26.0 Å². The van der Waals surface area contributed by atoms with Crippen molar-refractivity contribution in [2.45, 2.75) is 25.3 Å². The van der Waals surface area contributed by atoms with Crippen LogP contribution in [0.25, 0.3) is 6.08 Å². The lowest BCUT2D eigenvalue weighted by atomic mass is 10.2. The first-order valence-electron chi connectivity index (χ1n) is 9.35. The van der Waals surface area contributed by atoms with Gasteiger partial charge >= 0.3 is 5.97 Å². The number of sulfonamides is 1. The maximum Gasteiger partial charge on any atom is 0.331 e. The SMILES string of the molecule is COc1ccc(/C=C/C(=O)OCc2c(C)noc2C)cc1S(=O)(=O)N1CCOCC1. The minimum Gasteiger partial charge on any atom is -0.495 e. The van der Waals surface area contributed by atoms with E-state index >= 15 is 0 Å². The van der Waals surface area contributed by atoms with E-state index in [2.05, 4.69) is 5.16 Å². The lowest BCUT2D eigenvalue weighted by Gasteiger charge is -2.26. The van der Waals surface area contributed by atoms with Gasteiger partial charge in [0.2, 0.25) is 10.0 Å². The molecule has 1 aromatic heterocycles. The zero-order valence-electron chi connectivity index (χ0n) is 17.1. The normalized spacial score (nSPS) is 15.4. The van der Waals surface area contributed by atoms with Crippen molar-refractivity contribution in [1.29, 1.82) is 0 Å². The van der Waals surface area contributed by atoms with Crippen molar-refractivity contribution >= 4 is 22.1 Å². The van der Waals surface area contributed by atoms with Crippen LogP contribution in [0.15, 0.2) is 33.7 Å². The molecular formula is C20H24N2O7S. The number of carbonyl (C=O) groups excluding carboxylic acids is 1. The number of morpholine rings is 1. The molecule has 0 atom stereocenters. The largest absolute Gasteiger partial charge is 0.495 e. The van der Waals surface area contributed by atoms with E-state index in [4.69, 9.17) is 18.7 Å².